The number of ether oxygens (including phenoxy) is 1. The minimum atomic E-state index is -1.83. The van der Waals surface area contributed by atoms with Gasteiger partial charge in [0.25, 0.3) is 0 Å². The fourth-order valence-electron chi connectivity index (χ4n) is 5.96. The maximum Gasteiger partial charge on any atom is 0.239 e. The molecule has 45 heavy (non-hydrogen) atoms. The Kier molecular flexibility index (Phi) is 10.0. The van der Waals surface area contributed by atoms with Crippen LogP contribution in [-0.4, -0.2) is 64.9 Å². The summed E-state index contributed by atoms with van der Waals surface area (Å²) in [5, 5.41) is 6.03. The number of thiophene rings is 1. The monoisotopic (exact) mass is 635 g/mol. The second-order valence-electron chi connectivity index (χ2n) is 13.0. The number of benzene rings is 3. The van der Waals surface area contributed by atoms with Crippen LogP contribution in [0.2, 0.25) is 0 Å². The summed E-state index contributed by atoms with van der Waals surface area (Å²) in [5.74, 6) is 2.19. The number of fused-ring (bicyclic) bond motifs is 1. The van der Waals surface area contributed by atoms with Gasteiger partial charge in [0, 0.05) is 54.4 Å². The van der Waals surface area contributed by atoms with Gasteiger partial charge in [-0.05, 0) is 52.0 Å². The Labute approximate surface area is 274 Å². The molecule has 1 atom stereocenters. The van der Waals surface area contributed by atoms with Crippen LogP contribution >= 0.6 is 11.3 Å². The molecule has 6 rings (SSSR count). The van der Waals surface area contributed by atoms with Crippen molar-refractivity contribution in [3.63, 3.8) is 0 Å². The molecule has 2 aromatic heterocycles. The summed E-state index contributed by atoms with van der Waals surface area (Å²) < 4.78 is 14.7. The maximum absolute atomic E-state index is 6.84. The Morgan fingerprint density at radius 2 is 1.51 bits per heavy atom. The first kappa shape index (κ1) is 31.5. The minimum absolute atomic E-state index is 0.0202. The minimum Gasteiger partial charge on any atom is -0.493 e. The SMILES string of the molecule is CCN1CCN(c2nc(-c3cccc(OCC(CO[SiH](c4ccccc4)c4ccccc4)C(C)(C)C)c3)cc3sccc23)CC1. The van der Waals surface area contributed by atoms with Crippen molar-refractivity contribution in [1.29, 1.82) is 0 Å². The molecule has 1 aliphatic rings. The molecule has 0 spiro atoms. The lowest BCUT2D eigenvalue weighted by atomic mass is 9.82. The van der Waals surface area contributed by atoms with Gasteiger partial charge in [0.1, 0.15) is 11.6 Å². The summed E-state index contributed by atoms with van der Waals surface area (Å²) in [4.78, 5) is 10.2. The molecule has 234 valence electrons. The summed E-state index contributed by atoms with van der Waals surface area (Å²) in [6.45, 7) is 15.6. The standard InChI is InChI=1S/C38H45N3O2SSi/c1-5-40-20-22-41(23-21-40)37-34-19-24-44-36(34)26-35(39-37)29-13-12-14-31(25-29)42-27-30(38(2,3)4)28-43-45(32-15-8-6-9-16-32)33-17-10-7-11-18-33/h6-19,24-26,30,45H,5,20-23,27-28H2,1-4H3. The van der Waals surface area contributed by atoms with Crippen molar-refractivity contribution >= 4 is 46.7 Å². The largest absolute Gasteiger partial charge is 0.493 e. The summed E-state index contributed by atoms with van der Waals surface area (Å²) >= 11 is 1.79. The molecule has 1 aliphatic heterocycles. The molecule has 0 amide bonds. The molecule has 3 aromatic carbocycles. The van der Waals surface area contributed by atoms with Crippen molar-refractivity contribution in [3.8, 4) is 17.0 Å². The number of piperazine rings is 1. The van der Waals surface area contributed by atoms with E-state index in [0.29, 0.717) is 13.2 Å². The first-order valence-electron chi connectivity index (χ1n) is 16.2. The normalized spacial score (nSPS) is 15.1. The van der Waals surface area contributed by atoms with E-state index >= 15 is 0 Å². The van der Waals surface area contributed by atoms with Gasteiger partial charge in [0.2, 0.25) is 9.04 Å². The number of nitrogens with zero attached hydrogens (tertiary/aromatic N) is 3. The number of likely N-dealkylation sites (N-methyl/N-ethyl adjacent to an activating group) is 1. The van der Waals surface area contributed by atoms with Gasteiger partial charge >= 0.3 is 0 Å². The molecule has 5 aromatic rings. The average molecular weight is 636 g/mol. The fourth-order valence-corrected chi connectivity index (χ4v) is 9.11. The van der Waals surface area contributed by atoms with Crippen molar-refractivity contribution < 1.29 is 9.16 Å². The van der Waals surface area contributed by atoms with Crippen molar-refractivity contribution in [2.45, 2.75) is 27.7 Å². The van der Waals surface area contributed by atoms with Crippen molar-refractivity contribution in [2.75, 3.05) is 50.8 Å². The molecule has 0 saturated carbocycles. The summed E-state index contributed by atoms with van der Waals surface area (Å²) in [6.07, 6.45) is 0. The average Bonchev–Trinajstić information content (AvgIpc) is 3.55. The molecule has 1 fully saturated rings. The quantitative estimate of drug-likeness (QED) is 0.151. The van der Waals surface area contributed by atoms with E-state index in [-0.39, 0.29) is 11.3 Å². The molecule has 0 aliphatic carbocycles. The van der Waals surface area contributed by atoms with Crippen LogP contribution < -0.4 is 20.0 Å². The van der Waals surface area contributed by atoms with Gasteiger partial charge in [-0.1, -0.05) is 100 Å². The fraction of sp³-hybridized carbons (Fsp3) is 0.342. The lowest BCUT2D eigenvalue weighted by Gasteiger charge is -2.35. The summed E-state index contributed by atoms with van der Waals surface area (Å²) in [6, 6.07) is 34.3. The molecule has 1 saturated heterocycles. The molecule has 5 nitrogen and oxygen atoms in total. The predicted octanol–water partition coefficient (Wildman–Crippen LogP) is 6.70. The number of aromatic nitrogens is 1. The van der Waals surface area contributed by atoms with Gasteiger partial charge in [-0.3, -0.25) is 0 Å². The van der Waals surface area contributed by atoms with E-state index in [1.54, 1.807) is 11.3 Å². The zero-order valence-electron chi connectivity index (χ0n) is 27.0. The first-order chi connectivity index (χ1) is 21.9. The first-order valence-corrected chi connectivity index (χ1v) is 18.7. The topological polar surface area (TPSA) is 37.8 Å². The number of rotatable bonds is 11. The van der Waals surface area contributed by atoms with Crippen LogP contribution in [0.4, 0.5) is 5.82 Å². The molecule has 0 bridgehead atoms. The van der Waals surface area contributed by atoms with Crippen LogP contribution in [0, 0.1) is 11.3 Å². The second-order valence-corrected chi connectivity index (χ2v) is 16.4. The Morgan fingerprint density at radius 1 is 0.822 bits per heavy atom. The van der Waals surface area contributed by atoms with Gasteiger partial charge in [-0.15, -0.1) is 11.3 Å². The molecule has 1 unspecified atom stereocenters. The van der Waals surface area contributed by atoms with Gasteiger partial charge in [0.05, 0.1) is 12.3 Å². The predicted molar refractivity (Wildman–Crippen MR) is 193 cm³/mol. The highest BCUT2D eigenvalue weighted by atomic mass is 32.1. The van der Waals surface area contributed by atoms with Gasteiger partial charge in [0.15, 0.2) is 0 Å². The van der Waals surface area contributed by atoms with E-state index in [1.807, 2.05) is 0 Å². The summed E-state index contributed by atoms with van der Waals surface area (Å²) in [7, 11) is -1.83. The smallest absolute Gasteiger partial charge is 0.239 e. The van der Waals surface area contributed by atoms with Crippen LogP contribution in [0.15, 0.2) is 102 Å². The van der Waals surface area contributed by atoms with Gasteiger partial charge < -0.3 is 19.0 Å². The highest BCUT2D eigenvalue weighted by molar-refractivity contribution is 7.17. The van der Waals surface area contributed by atoms with E-state index in [1.165, 1.54) is 20.5 Å². The number of anilines is 1. The van der Waals surface area contributed by atoms with Crippen LogP contribution in [0.3, 0.4) is 0 Å². The lowest BCUT2D eigenvalue weighted by Crippen LogP contribution is -2.47. The van der Waals surface area contributed by atoms with Crippen LogP contribution in [0.5, 0.6) is 5.75 Å². The van der Waals surface area contributed by atoms with Crippen LogP contribution in [0.1, 0.15) is 27.7 Å². The molecule has 0 N–H and O–H groups in total. The van der Waals surface area contributed by atoms with Crippen molar-refractivity contribution in [1.82, 2.24) is 9.88 Å². The maximum atomic E-state index is 6.84. The van der Waals surface area contributed by atoms with Gasteiger partial charge in [-0.2, -0.15) is 0 Å². The third-order valence-electron chi connectivity index (χ3n) is 9.02. The van der Waals surface area contributed by atoms with Gasteiger partial charge in [-0.25, -0.2) is 4.98 Å². The Morgan fingerprint density at radius 3 is 2.16 bits per heavy atom. The lowest BCUT2D eigenvalue weighted by molar-refractivity contribution is 0.0934. The van der Waals surface area contributed by atoms with E-state index in [9.17, 15) is 0 Å². The number of pyridine rings is 1. The van der Waals surface area contributed by atoms with E-state index in [0.717, 1.165) is 55.5 Å². The zero-order chi connectivity index (χ0) is 31.2. The van der Waals surface area contributed by atoms with E-state index in [2.05, 4.69) is 140 Å². The molecule has 3 heterocycles. The number of hydrogen-bond donors (Lipinski definition) is 0. The molecular weight excluding hydrogens is 591 g/mol. The molecular formula is C38H45N3O2SSi. The molecule has 0 radical (unpaired) electrons. The zero-order valence-corrected chi connectivity index (χ0v) is 29.0. The van der Waals surface area contributed by atoms with E-state index in [4.69, 9.17) is 14.1 Å². The summed E-state index contributed by atoms with van der Waals surface area (Å²) in [5.41, 5.74) is 2.10. The van der Waals surface area contributed by atoms with E-state index < -0.39 is 9.04 Å². The Balaban J connectivity index is 1.18. The second kappa shape index (κ2) is 14.3. The van der Waals surface area contributed by atoms with Crippen molar-refractivity contribution in [3.05, 3.63) is 102 Å². The Hall–Kier alpha value is -3.49. The molecule has 7 heteroatoms. The third kappa shape index (κ3) is 7.67. The van der Waals surface area contributed by atoms with Crippen molar-refractivity contribution in [2.24, 2.45) is 11.3 Å². The van der Waals surface area contributed by atoms with Crippen LogP contribution in [0.25, 0.3) is 21.3 Å². The third-order valence-corrected chi connectivity index (χ3v) is 12.4. The Bertz CT molecular complexity index is 1620. The number of hydrogen-bond acceptors (Lipinski definition) is 6. The highest BCUT2D eigenvalue weighted by Crippen LogP contribution is 2.35. The van der Waals surface area contributed by atoms with Crippen LogP contribution in [-0.2, 0) is 4.43 Å². The highest BCUT2D eigenvalue weighted by Gasteiger charge is 2.28.